The Labute approximate surface area is 195 Å². The van der Waals surface area contributed by atoms with Gasteiger partial charge in [-0.05, 0) is 24.6 Å². The Balaban J connectivity index is 1.62. The van der Waals surface area contributed by atoms with E-state index in [4.69, 9.17) is 18.8 Å². The lowest BCUT2D eigenvalue weighted by molar-refractivity contribution is -0.144. The maximum atomic E-state index is 11.2. The Bertz CT molecular complexity index is 1420. The molecule has 0 radical (unpaired) electrons. The fourth-order valence-electron chi connectivity index (χ4n) is 3.70. The van der Waals surface area contributed by atoms with Crippen LogP contribution >= 0.6 is 0 Å². The molecule has 0 amide bonds. The van der Waals surface area contributed by atoms with Gasteiger partial charge in [0, 0.05) is 11.1 Å². The quantitative estimate of drug-likeness (QED) is 0.315. The molecule has 1 N–H and O–H groups in total. The fourth-order valence-corrected chi connectivity index (χ4v) is 3.70. The summed E-state index contributed by atoms with van der Waals surface area (Å²) in [6.45, 7) is 1.47. The zero-order valence-corrected chi connectivity index (χ0v) is 18.2. The van der Waals surface area contributed by atoms with Crippen molar-refractivity contribution in [2.45, 2.75) is 13.0 Å². The van der Waals surface area contributed by atoms with Crippen LogP contribution in [0.4, 0.5) is 0 Å². The normalized spacial score (nSPS) is 11.8. The van der Waals surface area contributed by atoms with Crippen LogP contribution in [-0.2, 0) is 4.79 Å². The third-order valence-electron chi connectivity index (χ3n) is 5.34. The number of carboxylic acids is 1. The fraction of sp³-hybridized carbons (Fsp3) is 0.0741. The first-order chi connectivity index (χ1) is 16.6. The first-order valence-electron chi connectivity index (χ1n) is 10.7. The van der Waals surface area contributed by atoms with Crippen LogP contribution in [0.25, 0.3) is 45.2 Å². The molecular formula is C27H20N2O5. The Kier molecular flexibility index (Phi) is 5.66. The van der Waals surface area contributed by atoms with E-state index in [2.05, 4.69) is 10.1 Å². The van der Waals surface area contributed by atoms with Crippen molar-refractivity contribution in [3.8, 4) is 50.9 Å². The first-order valence-corrected chi connectivity index (χ1v) is 10.7. The molecule has 0 aliphatic rings. The molecule has 2 heterocycles. The monoisotopic (exact) mass is 452 g/mol. The number of benzene rings is 3. The summed E-state index contributed by atoms with van der Waals surface area (Å²) in [6.07, 6.45) is 0.356. The molecule has 7 nitrogen and oxygen atoms in total. The number of rotatable bonds is 7. The standard InChI is InChI=1S/C27H20N2O5/c1-17(27(30)31)33-21-14-8-13-20(15-21)25-24(28-16-32-25)26-22(18-9-4-2-5-10-18)23(29-34-26)19-11-6-3-7-12-19/h2-17H,1H3,(H,30,31). The van der Waals surface area contributed by atoms with Gasteiger partial charge in [0.2, 0.25) is 0 Å². The van der Waals surface area contributed by atoms with Crippen molar-refractivity contribution >= 4 is 5.97 Å². The van der Waals surface area contributed by atoms with Crippen molar-refractivity contribution in [2.75, 3.05) is 0 Å². The molecule has 0 spiro atoms. The minimum Gasteiger partial charge on any atom is -0.479 e. The van der Waals surface area contributed by atoms with Crippen LogP contribution in [0.5, 0.6) is 5.75 Å². The summed E-state index contributed by atoms with van der Waals surface area (Å²) in [6, 6.07) is 26.6. The van der Waals surface area contributed by atoms with Crippen LogP contribution in [0.15, 0.2) is 100 Å². The van der Waals surface area contributed by atoms with Gasteiger partial charge in [-0.1, -0.05) is 78.0 Å². The summed E-state index contributed by atoms with van der Waals surface area (Å²) in [7, 11) is 0. The summed E-state index contributed by atoms with van der Waals surface area (Å²) in [4.78, 5) is 15.6. The van der Waals surface area contributed by atoms with Crippen molar-refractivity contribution in [1.29, 1.82) is 0 Å². The lowest BCUT2D eigenvalue weighted by atomic mass is 9.97. The number of hydrogen-bond donors (Lipinski definition) is 1. The number of aliphatic carboxylic acids is 1. The van der Waals surface area contributed by atoms with Crippen LogP contribution < -0.4 is 4.74 Å². The Morgan fingerprint density at radius 1 is 0.853 bits per heavy atom. The van der Waals surface area contributed by atoms with Crippen LogP contribution in [0.1, 0.15) is 6.92 Å². The molecule has 0 aliphatic carbocycles. The van der Waals surface area contributed by atoms with E-state index in [9.17, 15) is 4.79 Å². The predicted molar refractivity (Wildman–Crippen MR) is 126 cm³/mol. The summed E-state index contributed by atoms with van der Waals surface area (Å²) in [5.41, 5.74) is 4.49. The van der Waals surface area contributed by atoms with E-state index in [-0.39, 0.29) is 0 Å². The average molecular weight is 452 g/mol. The minimum atomic E-state index is -1.05. The first kappa shape index (κ1) is 21.2. The minimum absolute atomic E-state index is 0.403. The topological polar surface area (TPSA) is 98.6 Å². The zero-order chi connectivity index (χ0) is 23.5. The molecule has 2 aromatic heterocycles. The smallest absolute Gasteiger partial charge is 0.344 e. The van der Waals surface area contributed by atoms with E-state index in [0.29, 0.717) is 34.2 Å². The number of carbonyl (C=O) groups is 1. The number of ether oxygens (including phenoxy) is 1. The second-order valence-corrected chi connectivity index (χ2v) is 7.62. The maximum absolute atomic E-state index is 11.2. The molecule has 1 atom stereocenters. The Morgan fingerprint density at radius 2 is 1.53 bits per heavy atom. The molecule has 5 rings (SSSR count). The van der Waals surface area contributed by atoms with Gasteiger partial charge in [-0.3, -0.25) is 0 Å². The number of carboxylic acid groups (broad SMARTS) is 1. The number of oxazole rings is 1. The average Bonchev–Trinajstić information content (AvgIpc) is 3.52. The molecule has 3 aromatic carbocycles. The van der Waals surface area contributed by atoms with Gasteiger partial charge in [0.15, 0.2) is 29.7 Å². The third kappa shape index (κ3) is 4.06. The van der Waals surface area contributed by atoms with Gasteiger partial charge in [-0.2, -0.15) is 0 Å². The zero-order valence-electron chi connectivity index (χ0n) is 18.2. The van der Waals surface area contributed by atoms with Crippen molar-refractivity contribution in [1.82, 2.24) is 10.1 Å². The molecule has 7 heteroatoms. The SMILES string of the molecule is CC(Oc1cccc(-c2ocnc2-c2onc(-c3ccccc3)c2-c2ccccc2)c1)C(=O)O. The van der Waals surface area contributed by atoms with Gasteiger partial charge >= 0.3 is 5.97 Å². The van der Waals surface area contributed by atoms with Crippen molar-refractivity contribution < 1.29 is 23.6 Å². The predicted octanol–water partition coefficient (Wildman–Crippen LogP) is 6.18. The molecule has 0 saturated carbocycles. The molecule has 5 aromatic rings. The third-order valence-corrected chi connectivity index (χ3v) is 5.34. The molecule has 0 saturated heterocycles. The van der Waals surface area contributed by atoms with E-state index in [1.54, 1.807) is 18.2 Å². The summed E-state index contributed by atoms with van der Waals surface area (Å²) >= 11 is 0. The molecule has 0 fully saturated rings. The highest BCUT2D eigenvalue weighted by Crippen LogP contribution is 2.42. The summed E-state index contributed by atoms with van der Waals surface area (Å²) < 4.78 is 17.1. The van der Waals surface area contributed by atoms with E-state index in [1.165, 1.54) is 13.3 Å². The van der Waals surface area contributed by atoms with Gasteiger partial charge in [0.1, 0.15) is 11.4 Å². The number of nitrogens with zero attached hydrogens (tertiary/aromatic N) is 2. The van der Waals surface area contributed by atoms with Crippen LogP contribution in [0.2, 0.25) is 0 Å². The van der Waals surface area contributed by atoms with Gasteiger partial charge in [-0.25, -0.2) is 9.78 Å². The van der Waals surface area contributed by atoms with Gasteiger partial charge in [0.05, 0.1) is 5.56 Å². The molecule has 168 valence electrons. The molecule has 0 aliphatic heterocycles. The molecule has 1 unspecified atom stereocenters. The van der Waals surface area contributed by atoms with Crippen LogP contribution in [0.3, 0.4) is 0 Å². The van der Waals surface area contributed by atoms with Crippen molar-refractivity contribution in [3.05, 3.63) is 91.3 Å². The Morgan fingerprint density at radius 3 is 2.24 bits per heavy atom. The van der Waals surface area contributed by atoms with Gasteiger partial charge < -0.3 is 18.8 Å². The molecule has 34 heavy (non-hydrogen) atoms. The van der Waals surface area contributed by atoms with E-state index in [1.807, 2.05) is 66.7 Å². The lowest BCUT2D eigenvalue weighted by Crippen LogP contribution is -2.22. The maximum Gasteiger partial charge on any atom is 0.344 e. The molecule has 0 bridgehead atoms. The lowest BCUT2D eigenvalue weighted by Gasteiger charge is -2.11. The van der Waals surface area contributed by atoms with Crippen LogP contribution in [0, 0.1) is 0 Å². The van der Waals surface area contributed by atoms with E-state index >= 15 is 0 Å². The van der Waals surface area contributed by atoms with Crippen molar-refractivity contribution in [2.24, 2.45) is 0 Å². The van der Waals surface area contributed by atoms with Gasteiger partial charge in [-0.15, -0.1) is 0 Å². The molecular weight excluding hydrogens is 432 g/mol. The summed E-state index contributed by atoms with van der Waals surface area (Å²) in [5, 5.41) is 13.5. The second kappa shape index (κ2) is 9.07. The van der Waals surface area contributed by atoms with Gasteiger partial charge in [0.25, 0.3) is 0 Å². The highest BCUT2D eigenvalue weighted by Gasteiger charge is 2.26. The highest BCUT2D eigenvalue weighted by molar-refractivity contribution is 5.92. The van der Waals surface area contributed by atoms with E-state index in [0.717, 1.165) is 16.7 Å². The van der Waals surface area contributed by atoms with E-state index < -0.39 is 12.1 Å². The number of aromatic nitrogens is 2. The number of hydrogen-bond acceptors (Lipinski definition) is 6. The van der Waals surface area contributed by atoms with Crippen LogP contribution in [-0.4, -0.2) is 27.3 Å². The Hall–Kier alpha value is -4.65. The second-order valence-electron chi connectivity index (χ2n) is 7.62. The highest BCUT2D eigenvalue weighted by atomic mass is 16.5. The van der Waals surface area contributed by atoms with Crippen molar-refractivity contribution in [3.63, 3.8) is 0 Å². The largest absolute Gasteiger partial charge is 0.479 e. The summed E-state index contributed by atoms with van der Waals surface area (Å²) in [5.74, 6) is 0.286.